The van der Waals surface area contributed by atoms with Crippen molar-refractivity contribution in [1.82, 2.24) is 5.32 Å². The Morgan fingerprint density at radius 1 is 1.33 bits per heavy atom. The molecule has 1 rings (SSSR count). The van der Waals surface area contributed by atoms with Crippen LogP contribution in [0.5, 0.6) is 0 Å². The molecule has 1 atom stereocenters. The van der Waals surface area contributed by atoms with Crippen molar-refractivity contribution in [1.29, 1.82) is 0 Å². The van der Waals surface area contributed by atoms with Gasteiger partial charge in [-0.25, -0.2) is 4.79 Å². The van der Waals surface area contributed by atoms with Gasteiger partial charge in [0.25, 0.3) is 0 Å². The van der Waals surface area contributed by atoms with E-state index in [9.17, 15) is 9.59 Å². The van der Waals surface area contributed by atoms with Crippen LogP contribution in [-0.2, 0) is 4.79 Å². The number of anilines is 2. The Bertz CT molecular complexity index is 489. The van der Waals surface area contributed by atoms with Gasteiger partial charge in [0, 0.05) is 32.0 Å². The van der Waals surface area contributed by atoms with Crippen molar-refractivity contribution in [3.63, 3.8) is 0 Å². The fraction of sp³-hybridized carbons (Fsp3) is 0.467. The van der Waals surface area contributed by atoms with Crippen molar-refractivity contribution in [2.24, 2.45) is 5.92 Å². The average molecular weight is 293 g/mol. The number of carbonyl (C=O) groups excluding carboxylic acids is 1. The molecule has 3 N–H and O–H groups in total. The Balaban J connectivity index is 2.34. The predicted octanol–water partition coefficient (Wildman–Crippen LogP) is 2.38. The molecule has 0 aliphatic carbocycles. The van der Waals surface area contributed by atoms with Crippen molar-refractivity contribution in [3.05, 3.63) is 24.3 Å². The Morgan fingerprint density at radius 3 is 2.67 bits per heavy atom. The number of carboxylic acids is 1. The molecule has 6 nitrogen and oxygen atoms in total. The number of hydrogen-bond donors (Lipinski definition) is 3. The predicted molar refractivity (Wildman–Crippen MR) is 83.8 cm³/mol. The van der Waals surface area contributed by atoms with Crippen LogP contribution in [0.4, 0.5) is 16.2 Å². The molecule has 6 heteroatoms. The van der Waals surface area contributed by atoms with E-state index in [2.05, 4.69) is 10.6 Å². The zero-order chi connectivity index (χ0) is 15.8. The number of hydrogen-bond acceptors (Lipinski definition) is 3. The van der Waals surface area contributed by atoms with Crippen LogP contribution in [0, 0.1) is 5.92 Å². The molecule has 0 fully saturated rings. The van der Waals surface area contributed by atoms with Gasteiger partial charge in [-0.3, -0.25) is 4.79 Å². The molecule has 0 bridgehead atoms. The van der Waals surface area contributed by atoms with Crippen LogP contribution in [-0.4, -0.2) is 37.7 Å². The van der Waals surface area contributed by atoms with Crippen LogP contribution >= 0.6 is 0 Å². The zero-order valence-corrected chi connectivity index (χ0v) is 12.7. The van der Waals surface area contributed by atoms with Gasteiger partial charge in [-0.1, -0.05) is 13.0 Å². The van der Waals surface area contributed by atoms with E-state index in [1.807, 2.05) is 43.3 Å². The molecular formula is C15H23N3O3. The molecule has 0 aliphatic rings. The topological polar surface area (TPSA) is 81.7 Å². The zero-order valence-electron chi connectivity index (χ0n) is 12.7. The molecule has 1 unspecified atom stereocenters. The highest BCUT2D eigenvalue weighted by atomic mass is 16.4. The summed E-state index contributed by atoms with van der Waals surface area (Å²) in [6.45, 7) is 2.12. The van der Waals surface area contributed by atoms with Crippen LogP contribution in [0.2, 0.25) is 0 Å². The number of nitrogens with one attached hydrogen (secondary N) is 2. The molecule has 21 heavy (non-hydrogen) atoms. The molecule has 0 aromatic heterocycles. The second kappa shape index (κ2) is 8.14. The monoisotopic (exact) mass is 293 g/mol. The fourth-order valence-electron chi connectivity index (χ4n) is 1.77. The average Bonchev–Trinajstić information content (AvgIpc) is 2.43. The summed E-state index contributed by atoms with van der Waals surface area (Å²) in [5.41, 5.74) is 1.72. The maximum Gasteiger partial charge on any atom is 0.319 e. The summed E-state index contributed by atoms with van der Waals surface area (Å²) in [4.78, 5) is 24.3. The smallest absolute Gasteiger partial charge is 0.319 e. The first-order valence-corrected chi connectivity index (χ1v) is 6.95. The third-order valence-corrected chi connectivity index (χ3v) is 3.14. The molecule has 0 heterocycles. The molecule has 116 valence electrons. The number of nitrogens with zero attached hydrogens (tertiary/aromatic N) is 1. The van der Waals surface area contributed by atoms with Gasteiger partial charge >= 0.3 is 12.0 Å². The minimum Gasteiger partial charge on any atom is -0.481 e. The van der Waals surface area contributed by atoms with E-state index >= 15 is 0 Å². The van der Waals surface area contributed by atoms with E-state index in [0.29, 0.717) is 19.4 Å². The van der Waals surface area contributed by atoms with Crippen LogP contribution in [0.1, 0.15) is 19.8 Å². The molecule has 0 saturated heterocycles. The van der Waals surface area contributed by atoms with Gasteiger partial charge in [-0.2, -0.15) is 0 Å². The number of amides is 2. The van der Waals surface area contributed by atoms with E-state index in [1.165, 1.54) is 0 Å². The minimum absolute atomic E-state index is 0.283. The standard InChI is InChI=1S/C15H23N3O3/c1-11(14(19)20)6-5-9-16-15(21)17-12-7-4-8-13(10-12)18(2)3/h4,7-8,10-11H,5-6,9H2,1-3H3,(H,19,20)(H2,16,17,21). The number of benzene rings is 1. The molecule has 2 amide bonds. The molecule has 1 aromatic carbocycles. The lowest BCUT2D eigenvalue weighted by Crippen LogP contribution is -2.30. The van der Waals surface area contributed by atoms with Gasteiger partial charge in [0.2, 0.25) is 0 Å². The molecule has 0 radical (unpaired) electrons. The molecular weight excluding hydrogens is 270 g/mol. The third-order valence-electron chi connectivity index (χ3n) is 3.14. The minimum atomic E-state index is -0.806. The molecule has 0 saturated carbocycles. The van der Waals surface area contributed by atoms with Gasteiger partial charge in [-0.15, -0.1) is 0 Å². The number of carbonyl (C=O) groups is 2. The number of carboxylic acid groups (broad SMARTS) is 1. The Hall–Kier alpha value is -2.24. The van der Waals surface area contributed by atoms with Crippen molar-refractivity contribution in [3.8, 4) is 0 Å². The maximum absolute atomic E-state index is 11.7. The highest BCUT2D eigenvalue weighted by Crippen LogP contribution is 2.17. The Morgan fingerprint density at radius 2 is 2.05 bits per heavy atom. The number of aliphatic carboxylic acids is 1. The van der Waals surface area contributed by atoms with Gasteiger partial charge in [0.15, 0.2) is 0 Å². The summed E-state index contributed by atoms with van der Waals surface area (Å²) in [5, 5.41) is 14.2. The normalized spacial score (nSPS) is 11.6. The van der Waals surface area contributed by atoms with Crippen LogP contribution in [0.25, 0.3) is 0 Å². The van der Waals surface area contributed by atoms with Crippen LogP contribution in [0.3, 0.4) is 0 Å². The van der Waals surface area contributed by atoms with Crippen molar-refractivity contribution < 1.29 is 14.7 Å². The second-order valence-electron chi connectivity index (χ2n) is 5.21. The Kier molecular flexibility index (Phi) is 6.52. The summed E-state index contributed by atoms with van der Waals surface area (Å²) in [6, 6.07) is 7.25. The quantitative estimate of drug-likeness (QED) is 0.674. The van der Waals surface area contributed by atoms with Crippen LogP contribution < -0.4 is 15.5 Å². The molecule has 1 aromatic rings. The summed E-state index contributed by atoms with van der Waals surface area (Å²) >= 11 is 0. The van der Waals surface area contributed by atoms with Crippen LogP contribution in [0.15, 0.2) is 24.3 Å². The fourth-order valence-corrected chi connectivity index (χ4v) is 1.77. The van der Waals surface area contributed by atoms with Crippen molar-refractivity contribution >= 4 is 23.4 Å². The van der Waals surface area contributed by atoms with E-state index in [1.54, 1.807) is 6.92 Å². The van der Waals surface area contributed by atoms with Gasteiger partial charge in [-0.05, 0) is 31.0 Å². The van der Waals surface area contributed by atoms with Crippen molar-refractivity contribution in [2.45, 2.75) is 19.8 Å². The first-order valence-electron chi connectivity index (χ1n) is 6.95. The first-order chi connectivity index (χ1) is 9.90. The summed E-state index contributed by atoms with van der Waals surface area (Å²) in [6.07, 6.45) is 1.18. The van der Waals surface area contributed by atoms with Crippen molar-refractivity contribution in [2.75, 3.05) is 30.9 Å². The van der Waals surface area contributed by atoms with E-state index < -0.39 is 5.97 Å². The summed E-state index contributed by atoms with van der Waals surface area (Å²) in [5.74, 6) is -1.19. The highest BCUT2D eigenvalue weighted by molar-refractivity contribution is 5.89. The largest absolute Gasteiger partial charge is 0.481 e. The molecule has 0 spiro atoms. The van der Waals surface area contributed by atoms with Gasteiger partial charge < -0.3 is 20.6 Å². The first kappa shape index (κ1) is 16.8. The van der Waals surface area contributed by atoms with E-state index in [4.69, 9.17) is 5.11 Å². The van der Waals surface area contributed by atoms with E-state index in [-0.39, 0.29) is 11.9 Å². The lowest BCUT2D eigenvalue weighted by atomic mass is 10.1. The number of urea groups is 1. The maximum atomic E-state index is 11.7. The third kappa shape index (κ3) is 6.16. The lowest BCUT2D eigenvalue weighted by Gasteiger charge is -2.14. The van der Waals surface area contributed by atoms with Gasteiger partial charge in [0.1, 0.15) is 0 Å². The van der Waals surface area contributed by atoms with Gasteiger partial charge in [0.05, 0.1) is 5.92 Å². The Labute approximate surface area is 125 Å². The summed E-state index contributed by atoms with van der Waals surface area (Å²) < 4.78 is 0. The summed E-state index contributed by atoms with van der Waals surface area (Å²) in [7, 11) is 3.87. The SMILES string of the molecule is CC(CCCNC(=O)Nc1cccc(N(C)C)c1)C(=O)O. The molecule has 0 aliphatic heterocycles. The number of rotatable bonds is 7. The van der Waals surface area contributed by atoms with E-state index in [0.717, 1.165) is 11.4 Å². The second-order valence-corrected chi connectivity index (χ2v) is 5.21. The highest BCUT2D eigenvalue weighted by Gasteiger charge is 2.10. The lowest BCUT2D eigenvalue weighted by molar-refractivity contribution is -0.141.